The first-order chi connectivity index (χ1) is 6.75. The molecule has 0 aliphatic carbocycles. The number of thiocarbonyl (C=S) groups is 1. The second-order valence-electron chi connectivity index (χ2n) is 5.48. The van der Waals surface area contributed by atoms with E-state index in [0.717, 1.165) is 25.4 Å². The van der Waals surface area contributed by atoms with E-state index in [1.165, 1.54) is 6.42 Å². The molecule has 0 amide bonds. The second kappa shape index (κ2) is 6.44. The van der Waals surface area contributed by atoms with Crippen molar-refractivity contribution in [3.05, 3.63) is 0 Å². The average Bonchev–Trinajstić information content (AvgIpc) is 2.11. The molecule has 0 saturated carbocycles. The van der Waals surface area contributed by atoms with Crippen molar-refractivity contribution in [2.24, 2.45) is 17.1 Å². The van der Waals surface area contributed by atoms with Crippen molar-refractivity contribution in [3.63, 3.8) is 0 Å². The van der Waals surface area contributed by atoms with E-state index in [4.69, 9.17) is 18.0 Å². The van der Waals surface area contributed by atoms with Crippen LogP contribution in [0.25, 0.3) is 0 Å². The number of nitrogens with two attached hydrogens (primary N) is 1. The smallest absolute Gasteiger partial charge is 0.0784 e. The summed E-state index contributed by atoms with van der Waals surface area (Å²) in [6.07, 6.45) is 2.29. The predicted octanol–water partition coefficient (Wildman–Crippen LogP) is 2.67. The molecule has 0 atom stereocenters. The van der Waals surface area contributed by atoms with Crippen molar-refractivity contribution in [3.8, 4) is 0 Å². The summed E-state index contributed by atoms with van der Waals surface area (Å²) in [4.78, 5) is 2.99. The number of nitrogens with zero attached hydrogens (tertiary/aromatic N) is 1. The Morgan fingerprint density at radius 2 is 1.87 bits per heavy atom. The minimum Gasteiger partial charge on any atom is -0.393 e. The molecule has 0 unspecified atom stereocenters. The first-order valence-corrected chi connectivity index (χ1v) is 6.15. The van der Waals surface area contributed by atoms with Crippen LogP contribution < -0.4 is 5.73 Å². The molecule has 0 fully saturated rings. The van der Waals surface area contributed by atoms with E-state index < -0.39 is 0 Å². The van der Waals surface area contributed by atoms with Crippen LogP contribution >= 0.6 is 12.2 Å². The lowest BCUT2D eigenvalue weighted by atomic mass is 9.89. The molecule has 90 valence electrons. The molecule has 0 bridgehead atoms. The van der Waals surface area contributed by atoms with Crippen molar-refractivity contribution in [2.75, 3.05) is 20.1 Å². The van der Waals surface area contributed by atoms with Gasteiger partial charge in [-0.3, -0.25) is 0 Å². The summed E-state index contributed by atoms with van der Waals surface area (Å²) in [5.74, 6) is 0.774. The topological polar surface area (TPSA) is 29.3 Å². The maximum Gasteiger partial charge on any atom is 0.0784 e. The van der Waals surface area contributed by atoms with Crippen LogP contribution in [0, 0.1) is 11.3 Å². The van der Waals surface area contributed by atoms with Crippen LogP contribution in [-0.2, 0) is 0 Å². The molecule has 2 N–H and O–H groups in total. The highest BCUT2D eigenvalue weighted by molar-refractivity contribution is 7.80. The zero-order valence-electron chi connectivity index (χ0n) is 10.8. The Bertz CT molecular complexity index is 200. The van der Waals surface area contributed by atoms with Gasteiger partial charge in [-0.05, 0) is 38.9 Å². The molecular weight excluding hydrogens is 204 g/mol. The Hall–Kier alpha value is -0.150. The summed E-state index contributed by atoms with van der Waals surface area (Å²) >= 11 is 5.05. The van der Waals surface area contributed by atoms with Crippen LogP contribution in [0.2, 0.25) is 0 Å². The second-order valence-corrected chi connectivity index (χ2v) is 5.92. The van der Waals surface area contributed by atoms with E-state index in [0.29, 0.717) is 4.99 Å². The van der Waals surface area contributed by atoms with Crippen molar-refractivity contribution < 1.29 is 0 Å². The van der Waals surface area contributed by atoms with Gasteiger partial charge in [0.25, 0.3) is 0 Å². The predicted molar refractivity (Wildman–Crippen MR) is 72.1 cm³/mol. The van der Waals surface area contributed by atoms with Gasteiger partial charge in [0.05, 0.1) is 4.99 Å². The van der Waals surface area contributed by atoms with Crippen LogP contribution in [0.1, 0.15) is 40.5 Å². The van der Waals surface area contributed by atoms with Gasteiger partial charge in [0, 0.05) is 5.41 Å². The molecule has 2 nitrogen and oxygen atoms in total. The highest BCUT2D eigenvalue weighted by Gasteiger charge is 2.21. The van der Waals surface area contributed by atoms with Gasteiger partial charge < -0.3 is 10.6 Å². The molecule has 0 aliphatic rings. The molecule has 0 saturated heterocycles. The van der Waals surface area contributed by atoms with Gasteiger partial charge in [0.2, 0.25) is 0 Å². The zero-order chi connectivity index (χ0) is 12.1. The average molecular weight is 230 g/mol. The van der Waals surface area contributed by atoms with E-state index in [1.54, 1.807) is 0 Å². The Morgan fingerprint density at radius 3 is 2.27 bits per heavy atom. The SMILES string of the molecule is CC(C)CCN(C)CCC(C)(C)C(N)=S. The lowest BCUT2D eigenvalue weighted by Crippen LogP contribution is -2.34. The van der Waals surface area contributed by atoms with E-state index in [9.17, 15) is 0 Å². The summed E-state index contributed by atoms with van der Waals surface area (Å²) in [5.41, 5.74) is 5.68. The third-order valence-corrected chi connectivity index (χ3v) is 3.43. The minimum absolute atomic E-state index is 0.0125. The molecule has 0 aromatic rings. The minimum atomic E-state index is -0.0125. The summed E-state index contributed by atoms with van der Waals surface area (Å²) in [5, 5.41) is 0. The number of hydrogen-bond donors (Lipinski definition) is 1. The Balaban J connectivity index is 3.80. The molecule has 0 aliphatic heterocycles. The maximum absolute atomic E-state index is 5.69. The van der Waals surface area contributed by atoms with Gasteiger partial charge >= 0.3 is 0 Å². The van der Waals surface area contributed by atoms with Crippen molar-refractivity contribution in [1.29, 1.82) is 0 Å². The Labute approximate surface area is 100 Å². The Morgan fingerprint density at radius 1 is 1.33 bits per heavy atom. The fraction of sp³-hybridized carbons (Fsp3) is 0.917. The van der Waals surface area contributed by atoms with E-state index in [-0.39, 0.29) is 5.41 Å². The standard InChI is InChI=1S/C12H26N2S/c1-10(2)6-8-14(5)9-7-12(3,4)11(13)15/h10H,6-9H2,1-5H3,(H2,13,15). The normalized spacial score (nSPS) is 12.5. The summed E-state index contributed by atoms with van der Waals surface area (Å²) in [6.45, 7) is 11.0. The monoisotopic (exact) mass is 230 g/mol. The van der Waals surface area contributed by atoms with E-state index >= 15 is 0 Å². The van der Waals surface area contributed by atoms with Crippen LogP contribution in [0.15, 0.2) is 0 Å². The molecule has 0 rings (SSSR count). The van der Waals surface area contributed by atoms with Gasteiger partial charge in [-0.15, -0.1) is 0 Å². The van der Waals surface area contributed by atoms with E-state index in [1.807, 2.05) is 0 Å². The first-order valence-electron chi connectivity index (χ1n) is 5.74. The highest BCUT2D eigenvalue weighted by atomic mass is 32.1. The van der Waals surface area contributed by atoms with Crippen molar-refractivity contribution in [2.45, 2.75) is 40.5 Å². The van der Waals surface area contributed by atoms with Crippen LogP contribution in [-0.4, -0.2) is 30.0 Å². The number of rotatable bonds is 7. The molecule has 0 aromatic heterocycles. The van der Waals surface area contributed by atoms with E-state index in [2.05, 4.69) is 39.6 Å². The molecular formula is C12H26N2S. The lowest BCUT2D eigenvalue weighted by Gasteiger charge is -2.26. The lowest BCUT2D eigenvalue weighted by molar-refractivity contribution is 0.277. The zero-order valence-corrected chi connectivity index (χ0v) is 11.7. The summed E-state index contributed by atoms with van der Waals surface area (Å²) < 4.78 is 0. The van der Waals surface area contributed by atoms with Crippen LogP contribution in [0.3, 0.4) is 0 Å². The van der Waals surface area contributed by atoms with Gasteiger partial charge in [-0.1, -0.05) is 39.9 Å². The van der Waals surface area contributed by atoms with Gasteiger partial charge in [0.1, 0.15) is 0 Å². The maximum atomic E-state index is 5.69. The fourth-order valence-electron chi connectivity index (χ4n) is 1.18. The largest absolute Gasteiger partial charge is 0.393 e. The summed E-state index contributed by atoms with van der Waals surface area (Å²) in [6, 6.07) is 0. The third kappa shape index (κ3) is 6.85. The first kappa shape index (κ1) is 14.8. The molecule has 15 heavy (non-hydrogen) atoms. The van der Waals surface area contributed by atoms with Crippen LogP contribution in [0.4, 0.5) is 0 Å². The highest BCUT2D eigenvalue weighted by Crippen LogP contribution is 2.20. The third-order valence-electron chi connectivity index (χ3n) is 2.87. The van der Waals surface area contributed by atoms with Gasteiger partial charge in [0.15, 0.2) is 0 Å². The molecule has 0 heterocycles. The summed E-state index contributed by atoms with van der Waals surface area (Å²) in [7, 11) is 2.16. The van der Waals surface area contributed by atoms with Crippen LogP contribution in [0.5, 0.6) is 0 Å². The van der Waals surface area contributed by atoms with Gasteiger partial charge in [-0.25, -0.2) is 0 Å². The quantitative estimate of drug-likeness (QED) is 0.682. The van der Waals surface area contributed by atoms with Crippen molar-refractivity contribution in [1.82, 2.24) is 4.90 Å². The molecule has 0 radical (unpaired) electrons. The van der Waals surface area contributed by atoms with Crippen molar-refractivity contribution >= 4 is 17.2 Å². The Kier molecular flexibility index (Phi) is 6.37. The molecule has 0 aromatic carbocycles. The fourth-order valence-corrected chi connectivity index (χ4v) is 1.29. The molecule has 3 heteroatoms. The number of hydrogen-bond acceptors (Lipinski definition) is 2. The molecule has 0 spiro atoms. The van der Waals surface area contributed by atoms with Gasteiger partial charge in [-0.2, -0.15) is 0 Å².